The van der Waals surface area contributed by atoms with Gasteiger partial charge in [-0.1, -0.05) is 35.9 Å². The van der Waals surface area contributed by atoms with Crippen LogP contribution in [0, 0.1) is 11.8 Å². The van der Waals surface area contributed by atoms with Crippen LogP contribution >= 0.6 is 11.6 Å². The van der Waals surface area contributed by atoms with E-state index < -0.39 is 17.4 Å². The molecule has 0 radical (unpaired) electrons. The van der Waals surface area contributed by atoms with E-state index in [2.05, 4.69) is 0 Å². The Balaban J connectivity index is 1.82. The van der Waals surface area contributed by atoms with Crippen molar-refractivity contribution in [1.29, 1.82) is 0 Å². The first-order valence-electron chi connectivity index (χ1n) is 6.52. The molecule has 1 aromatic rings. The van der Waals surface area contributed by atoms with Crippen LogP contribution in [0.25, 0.3) is 0 Å². The van der Waals surface area contributed by atoms with Gasteiger partial charge in [0.15, 0.2) is 0 Å². The quantitative estimate of drug-likeness (QED) is 0.588. The van der Waals surface area contributed by atoms with Gasteiger partial charge in [0.1, 0.15) is 0 Å². The zero-order chi connectivity index (χ0) is 14.1. The van der Waals surface area contributed by atoms with Crippen LogP contribution < -0.4 is 4.90 Å². The number of imide groups is 1. The summed E-state index contributed by atoms with van der Waals surface area (Å²) in [7, 11) is 0. The van der Waals surface area contributed by atoms with Gasteiger partial charge in [-0.25, -0.2) is 4.90 Å². The fourth-order valence-corrected chi connectivity index (χ4v) is 3.74. The van der Waals surface area contributed by atoms with Gasteiger partial charge in [-0.3, -0.25) is 9.59 Å². The molecule has 0 saturated carbocycles. The lowest BCUT2D eigenvalue weighted by Crippen LogP contribution is -2.38. The third-order valence-corrected chi connectivity index (χ3v) is 4.74. The van der Waals surface area contributed by atoms with Crippen LogP contribution in [0.4, 0.5) is 5.69 Å². The van der Waals surface area contributed by atoms with Crippen molar-refractivity contribution in [2.24, 2.45) is 11.8 Å². The van der Waals surface area contributed by atoms with Gasteiger partial charge >= 0.3 is 0 Å². The van der Waals surface area contributed by atoms with E-state index >= 15 is 0 Å². The predicted octanol–water partition coefficient (Wildman–Crippen LogP) is 2.17. The van der Waals surface area contributed by atoms with Gasteiger partial charge < -0.3 is 4.74 Å². The Kier molecular flexibility index (Phi) is 2.25. The van der Waals surface area contributed by atoms with Crippen LogP contribution in [0.3, 0.4) is 0 Å². The molecular weight excluding hydrogens is 278 g/mol. The van der Waals surface area contributed by atoms with Crippen LogP contribution in [0.1, 0.15) is 6.92 Å². The van der Waals surface area contributed by atoms with E-state index in [0.29, 0.717) is 10.7 Å². The SMILES string of the molecule is C[C@@]12C=C[C@@H](O1)C1C(=O)N(c3ccccc3Cl)C(=O)C12. The Morgan fingerprint density at radius 2 is 2.00 bits per heavy atom. The molecule has 5 heteroatoms. The zero-order valence-corrected chi connectivity index (χ0v) is 11.5. The van der Waals surface area contributed by atoms with Gasteiger partial charge in [0.25, 0.3) is 0 Å². The van der Waals surface area contributed by atoms with E-state index in [0.717, 1.165) is 0 Å². The average molecular weight is 290 g/mol. The van der Waals surface area contributed by atoms with Crippen molar-refractivity contribution in [2.45, 2.75) is 18.6 Å². The summed E-state index contributed by atoms with van der Waals surface area (Å²) in [6.45, 7) is 1.86. The molecule has 0 aliphatic carbocycles. The van der Waals surface area contributed by atoms with Crippen molar-refractivity contribution >= 4 is 29.1 Å². The van der Waals surface area contributed by atoms with Crippen LogP contribution in [0.15, 0.2) is 36.4 Å². The number of fused-ring (bicyclic) bond motifs is 5. The molecule has 0 spiro atoms. The normalized spacial score (nSPS) is 37.9. The maximum absolute atomic E-state index is 12.7. The van der Waals surface area contributed by atoms with Gasteiger partial charge in [-0.15, -0.1) is 0 Å². The van der Waals surface area contributed by atoms with E-state index in [9.17, 15) is 9.59 Å². The van der Waals surface area contributed by atoms with Crippen molar-refractivity contribution in [3.63, 3.8) is 0 Å². The number of carbonyl (C=O) groups excluding carboxylic acids is 2. The molecule has 3 heterocycles. The maximum atomic E-state index is 12.7. The topological polar surface area (TPSA) is 46.6 Å². The Labute approximate surface area is 121 Å². The molecule has 0 N–H and O–H groups in total. The lowest BCUT2D eigenvalue weighted by atomic mass is 9.78. The van der Waals surface area contributed by atoms with Crippen LogP contribution in [-0.2, 0) is 14.3 Å². The summed E-state index contributed by atoms with van der Waals surface area (Å²) < 4.78 is 5.77. The molecule has 4 rings (SSSR count). The van der Waals surface area contributed by atoms with Crippen molar-refractivity contribution in [3.05, 3.63) is 41.4 Å². The van der Waals surface area contributed by atoms with Crippen molar-refractivity contribution < 1.29 is 14.3 Å². The molecule has 2 saturated heterocycles. The van der Waals surface area contributed by atoms with Crippen LogP contribution in [0.2, 0.25) is 5.02 Å². The number of amides is 2. The highest BCUT2D eigenvalue weighted by Crippen LogP contribution is 2.52. The monoisotopic (exact) mass is 289 g/mol. The molecule has 0 aromatic heterocycles. The van der Waals surface area contributed by atoms with E-state index in [1.165, 1.54) is 4.90 Å². The fourth-order valence-electron chi connectivity index (χ4n) is 3.52. The molecule has 102 valence electrons. The lowest BCUT2D eigenvalue weighted by molar-refractivity contribution is -0.126. The van der Waals surface area contributed by atoms with E-state index in [1.54, 1.807) is 24.3 Å². The standard InChI is InChI=1S/C15H12ClNO3/c1-15-7-6-10(20-15)11-12(15)14(19)17(13(11)18)9-5-3-2-4-8(9)16/h2-7,10-12H,1H3/t10-,11?,12?,15+/m1/s1. The number of carbonyl (C=O) groups is 2. The van der Waals surface area contributed by atoms with Crippen LogP contribution in [-0.4, -0.2) is 23.5 Å². The highest BCUT2D eigenvalue weighted by molar-refractivity contribution is 6.36. The first-order valence-corrected chi connectivity index (χ1v) is 6.90. The van der Waals surface area contributed by atoms with E-state index in [1.807, 2.05) is 19.1 Å². The molecule has 3 aliphatic heterocycles. The van der Waals surface area contributed by atoms with Crippen molar-refractivity contribution in [1.82, 2.24) is 0 Å². The number of nitrogens with zero attached hydrogens (tertiary/aromatic N) is 1. The van der Waals surface area contributed by atoms with E-state index in [-0.39, 0.29) is 17.9 Å². The van der Waals surface area contributed by atoms with E-state index in [4.69, 9.17) is 16.3 Å². The molecular formula is C15H12ClNO3. The Morgan fingerprint density at radius 1 is 1.25 bits per heavy atom. The zero-order valence-electron chi connectivity index (χ0n) is 10.7. The summed E-state index contributed by atoms with van der Waals surface area (Å²) in [4.78, 5) is 26.5. The smallest absolute Gasteiger partial charge is 0.241 e. The number of ether oxygens (including phenoxy) is 1. The second-order valence-corrected chi connectivity index (χ2v) is 6.00. The molecule has 20 heavy (non-hydrogen) atoms. The maximum Gasteiger partial charge on any atom is 0.241 e. The second kappa shape index (κ2) is 3.71. The van der Waals surface area contributed by atoms with Gasteiger partial charge in [-0.05, 0) is 19.1 Å². The molecule has 3 aliphatic rings. The molecule has 1 aromatic carbocycles. The summed E-state index contributed by atoms with van der Waals surface area (Å²) in [6, 6.07) is 6.91. The largest absolute Gasteiger partial charge is 0.362 e. The Morgan fingerprint density at radius 3 is 2.70 bits per heavy atom. The number of benzene rings is 1. The lowest BCUT2D eigenvalue weighted by Gasteiger charge is -2.24. The molecule has 2 fully saturated rings. The van der Waals surface area contributed by atoms with Gasteiger partial charge in [0.05, 0.1) is 34.3 Å². The predicted molar refractivity (Wildman–Crippen MR) is 73.3 cm³/mol. The minimum Gasteiger partial charge on any atom is -0.362 e. The Bertz CT molecular complexity index is 671. The highest BCUT2D eigenvalue weighted by atomic mass is 35.5. The average Bonchev–Trinajstić information content (AvgIpc) is 3.01. The van der Waals surface area contributed by atoms with Crippen LogP contribution in [0.5, 0.6) is 0 Å². The summed E-state index contributed by atoms with van der Waals surface area (Å²) in [5.41, 5.74) is -0.209. The summed E-state index contributed by atoms with van der Waals surface area (Å²) in [5, 5.41) is 0.403. The molecule has 2 amide bonds. The number of anilines is 1. The number of halogens is 1. The molecule has 2 unspecified atom stereocenters. The fraction of sp³-hybridized carbons (Fsp3) is 0.333. The molecule has 4 atom stereocenters. The third-order valence-electron chi connectivity index (χ3n) is 4.42. The first kappa shape index (κ1) is 12.1. The molecule has 2 bridgehead atoms. The van der Waals surface area contributed by atoms with Gasteiger partial charge in [0, 0.05) is 0 Å². The number of hydrogen-bond acceptors (Lipinski definition) is 3. The number of para-hydroxylation sites is 1. The van der Waals surface area contributed by atoms with Gasteiger partial charge in [0.2, 0.25) is 11.8 Å². The van der Waals surface area contributed by atoms with Crippen molar-refractivity contribution in [3.8, 4) is 0 Å². The summed E-state index contributed by atoms with van der Waals surface area (Å²) >= 11 is 6.12. The highest BCUT2D eigenvalue weighted by Gasteiger charge is 2.66. The summed E-state index contributed by atoms with van der Waals surface area (Å²) in [5.74, 6) is -1.30. The van der Waals surface area contributed by atoms with Gasteiger partial charge in [-0.2, -0.15) is 0 Å². The minimum absolute atomic E-state index is 0.217. The Hall–Kier alpha value is -1.65. The molecule has 4 nitrogen and oxygen atoms in total. The van der Waals surface area contributed by atoms with Crippen molar-refractivity contribution in [2.75, 3.05) is 4.90 Å². The summed E-state index contributed by atoms with van der Waals surface area (Å²) in [6.07, 6.45) is 3.47. The number of rotatable bonds is 1. The first-order chi connectivity index (χ1) is 9.53. The minimum atomic E-state index is -0.669. The number of hydrogen-bond donors (Lipinski definition) is 0. The third kappa shape index (κ3) is 1.30. The second-order valence-electron chi connectivity index (χ2n) is 5.59.